The lowest BCUT2D eigenvalue weighted by atomic mass is 9.85. The lowest BCUT2D eigenvalue weighted by Crippen LogP contribution is -2.12. The smallest absolute Gasteiger partial charge is 0.294 e. The van der Waals surface area contributed by atoms with Gasteiger partial charge in [0, 0.05) is 34.7 Å². The van der Waals surface area contributed by atoms with Crippen molar-refractivity contribution in [2.45, 2.75) is 6.42 Å². The van der Waals surface area contributed by atoms with Crippen LogP contribution in [-0.2, 0) is 4.84 Å². The maximum Gasteiger partial charge on any atom is 0.294 e. The minimum Gasteiger partial charge on any atom is -0.493 e. The Bertz CT molecular complexity index is 1030. The summed E-state index contributed by atoms with van der Waals surface area (Å²) in [5, 5.41) is 11.0. The molecular weight excluding hydrogens is 336 g/mol. The molecular formula is C19H14N2O5. The normalized spacial score (nSPS) is 11.9. The molecule has 2 aromatic carbocycles. The highest BCUT2D eigenvalue weighted by atomic mass is 16.9. The second kappa shape index (κ2) is 6.44. The van der Waals surface area contributed by atoms with Crippen molar-refractivity contribution >= 4 is 16.6 Å². The summed E-state index contributed by atoms with van der Waals surface area (Å²) in [6.07, 6.45) is 2.08. The zero-order valence-corrected chi connectivity index (χ0v) is 13.7. The molecule has 0 N–H and O–H groups in total. The van der Waals surface area contributed by atoms with Crippen LogP contribution in [0.4, 0.5) is 0 Å². The molecule has 130 valence electrons. The number of ketones is 1. The van der Waals surface area contributed by atoms with Crippen molar-refractivity contribution in [2.24, 2.45) is 0 Å². The number of rotatable bonds is 6. The molecule has 0 radical (unpaired) electrons. The van der Waals surface area contributed by atoms with Crippen LogP contribution >= 0.6 is 0 Å². The molecule has 0 saturated heterocycles. The average molecular weight is 350 g/mol. The van der Waals surface area contributed by atoms with Gasteiger partial charge in [-0.15, -0.1) is 10.1 Å². The van der Waals surface area contributed by atoms with Crippen molar-refractivity contribution in [3.8, 4) is 17.0 Å². The highest BCUT2D eigenvalue weighted by molar-refractivity contribution is 6.25. The topological polar surface area (TPSA) is 91.6 Å². The van der Waals surface area contributed by atoms with Gasteiger partial charge in [0.25, 0.3) is 5.09 Å². The molecule has 0 spiro atoms. The molecule has 1 heterocycles. The van der Waals surface area contributed by atoms with E-state index in [-0.39, 0.29) is 19.0 Å². The first kappa shape index (κ1) is 16.0. The standard InChI is InChI=1S/C19H14N2O5/c22-19-15-5-2-1-4-14(15)18-17-12(6-7-20-18)10-13(11-16(17)19)25-8-3-9-26-21(23)24/h1-2,4-7,10-11H,3,8-9H2. The third-order valence-corrected chi connectivity index (χ3v) is 4.26. The Labute approximate surface area is 148 Å². The quantitative estimate of drug-likeness (QED) is 0.301. The summed E-state index contributed by atoms with van der Waals surface area (Å²) >= 11 is 0. The molecule has 1 aromatic heterocycles. The van der Waals surface area contributed by atoms with E-state index in [2.05, 4.69) is 9.82 Å². The Morgan fingerprint density at radius 3 is 2.65 bits per heavy atom. The first-order chi connectivity index (χ1) is 12.6. The maximum atomic E-state index is 12.9. The number of fused-ring (bicyclic) bond motifs is 2. The predicted molar refractivity (Wildman–Crippen MR) is 93.7 cm³/mol. The number of aromatic nitrogens is 1. The van der Waals surface area contributed by atoms with Gasteiger partial charge in [0.1, 0.15) is 5.75 Å². The lowest BCUT2D eigenvalue weighted by molar-refractivity contribution is -0.757. The Balaban J connectivity index is 1.68. The summed E-state index contributed by atoms with van der Waals surface area (Å²) in [7, 11) is 0. The highest BCUT2D eigenvalue weighted by Crippen LogP contribution is 2.39. The molecule has 7 nitrogen and oxygen atoms in total. The second-order valence-corrected chi connectivity index (χ2v) is 5.86. The summed E-state index contributed by atoms with van der Waals surface area (Å²) in [6.45, 7) is 0.218. The number of nitrogens with zero attached hydrogens (tertiary/aromatic N) is 2. The Morgan fingerprint density at radius 2 is 1.85 bits per heavy atom. The molecule has 1 aliphatic rings. The minimum absolute atomic E-state index is 0.0339. The highest BCUT2D eigenvalue weighted by Gasteiger charge is 2.26. The number of hydrogen-bond acceptors (Lipinski definition) is 6. The van der Waals surface area contributed by atoms with Crippen LogP contribution < -0.4 is 4.74 Å². The van der Waals surface area contributed by atoms with Gasteiger partial charge in [-0.2, -0.15) is 0 Å². The van der Waals surface area contributed by atoms with Crippen LogP contribution in [0.1, 0.15) is 22.3 Å². The monoisotopic (exact) mass is 350 g/mol. The van der Waals surface area contributed by atoms with Gasteiger partial charge >= 0.3 is 0 Å². The van der Waals surface area contributed by atoms with Gasteiger partial charge in [0.05, 0.1) is 18.9 Å². The number of hydrogen-bond donors (Lipinski definition) is 0. The van der Waals surface area contributed by atoms with E-state index in [0.717, 1.165) is 22.0 Å². The number of ether oxygens (including phenoxy) is 1. The summed E-state index contributed by atoms with van der Waals surface area (Å²) in [5.41, 5.74) is 2.80. The van der Waals surface area contributed by atoms with Crippen molar-refractivity contribution in [1.82, 2.24) is 4.98 Å². The largest absolute Gasteiger partial charge is 0.493 e. The van der Waals surface area contributed by atoms with Crippen molar-refractivity contribution in [1.29, 1.82) is 0 Å². The van der Waals surface area contributed by atoms with Crippen LogP contribution in [0.15, 0.2) is 48.7 Å². The minimum atomic E-state index is -0.829. The van der Waals surface area contributed by atoms with Gasteiger partial charge in [-0.25, -0.2) is 0 Å². The van der Waals surface area contributed by atoms with E-state index in [9.17, 15) is 14.9 Å². The van der Waals surface area contributed by atoms with Crippen molar-refractivity contribution in [2.75, 3.05) is 13.2 Å². The van der Waals surface area contributed by atoms with E-state index < -0.39 is 5.09 Å². The average Bonchev–Trinajstić information content (AvgIpc) is 2.65. The molecule has 7 heteroatoms. The van der Waals surface area contributed by atoms with Crippen molar-refractivity contribution in [3.05, 3.63) is 69.9 Å². The molecule has 0 amide bonds. The third kappa shape index (κ3) is 2.73. The maximum absolute atomic E-state index is 12.9. The fourth-order valence-corrected chi connectivity index (χ4v) is 3.18. The van der Waals surface area contributed by atoms with Gasteiger partial charge in [0.2, 0.25) is 0 Å². The van der Waals surface area contributed by atoms with Crippen LogP contribution in [-0.4, -0.2) is 29.1 Å². The predicted octanol–water partition coefficient (Wildman–Crippen LogP) is 3.42. The number of carbonyl (C=O) groups excluding carboxylic acids is 1. The van der Waals surface area contributed by atoms with Crippen LogP contribution in [0.2, 0.25) is 0 Å². The van der Waals surface area contributed by atoms with E-state index in [4.69, 9.17) is 4.74 Å². The van der Waals surface area contributed by atoms with E-state index >= 15 is 0 Å². The Hall–Kier alpha value is -3.48. The van der Waals surface area contributed by atoms with Gasteiger partial charge in [-0.1, -0.05) is 24.3 Å². The van der Waals surface area contributed by atoms with Gasteiger partial charge in [0.15, 0.2) is 5.78 Å². The van der Waals surface area contributed by atoms with Crippen molar-refractivity contribution < 1.29 is 19.5 Å². The molecule has 4 rings (SSSR count). The zero-order chi connectivity index (χ0) is 18.1. The Morgan fingerprint density at radius 1 is 1.04 bits per heavy atom. The SMILES string of the molecule is O=C1c2ccccc2-c2nccc3cc(OCCCO[N+](=O)[O-])cc1c23. The van der Waals surface area contributed by atoms with E-state index in [1.807, 2.05) is 30.3 Å². The fraction of sp³-hybridized carbons (Fsp3) is 0.158. The summed E-state index contributed by atoms with van der Waals surface area (Å²) in [5.74, 6) is 0.478. The molecule has 0 unspecified atom stereocenters. The second-order valence-electron chi connectivity index (χ2n) is 5.86. The summed E-state index contributed by atoms with van der Waals surface area (Å²) in [4.78, 5) is 31.8. The van der Waals surface area contributed by atoms with Gasteiger partial charge < -0.3 is 9.57 Å². The van der Waals surface area contributed by atoms with Crippen LogP contribution in [0.5, 0.6) is 5.75 Å². The third-order valence-electron chi connectivity index (χ3n) is 4.26. The first-order valence-corrected chi connectivity index (χ1v) is 8.12. The van der Waals surface area contributed by atoms with Crippen LogP contribution in [0.3, 0.4) is 0 Å². The lowest BCUT2D eigenvalue weighted by Gasteiger charge is -2.19. The molecule has 0 saturated carbocycles. The number of pyridine rings is 1. The fourth-order valence-electron chi connectivity index (χ4n) is 3.18. The molecule has 0 bridgehead atoms. The molecule has 1 aliphatic carbocycles. The zero-order valence-electron chi connectivity index (χ0n) is 13.7. The summed E-state index contributed by atoms with van der Waals surface area (Å²) in [6, 6.07) is 12.8. The van der Waals surface area contributed by atoms with Gasteiger partial charge in [-0.3, -0.25) is 9.78 Å². The molecule has 3 aromatic rings. The van der Waals surface area contributed by atoms with Crippen LogP contribution in [0, 0.1) is 10.1 Å². The van der Waals surface area contributed by atoms with E-state index in [1.165, 1.54) is 0 Å². The number of benzene rings is 2. The first-order valence-electron chi connectivity index (χ1n) is 8.12. The van der Waals surface area contributed by atoms with Crippen LogP contribution in [0.25, 0.3) is 22.0 Å². The summed E-state index contributed by atoms with van der Waals surface area (Å²) < 4.78 is 5.66. The Kier molecular flexibility index (Phi) is 3.96. The van der Waals surface area contributed by atoms with E-state index in [1.54, 1.807) is 18.3 Å². The van der Waals surface area contributed by atoms with E-state index in [0.29, 0.717) is 23.3 Å². The molecule has 26 heavy (non-hydrogen) atoms. The van der Waals surface area contributed by atoms with Gasteiger partial charge in [-0.05, 0) is 23.6 Å². The van der Waals surface area contributed by atoms with Crippen molar-refractivity contribution in [3.63, 3.8) is 0 Å². The molecule has 0 atom stereocenters. The number of carbonyl (C=O) groups is 1. The molecule has 0 fully saturated rings. The molecule has 0 aliphatic heterocycles.